The van der Waals surface area contributed by atoms with E-state index in [1.807, 2.05) is 12.1 Å². The zero-order valence-electron chi connectivity index (χ0n) is 16.9. The molecule has 1 aliphatic rings. The fourth-order valence-electron chi connectivity index (χ4n) is 3.53. The van der Waals surface area contributed by atoms with Gasteiger partial charge in [0.05, 0.1) is 41.8 Å². The van der Waals surface area contributed by atoms with Crippen LogP contribution in [0.4, 0.5) is 25.8 Å². The number of hydrogen-bond donors (Lipinski definition) is 3. The topological polar surface area (TPSA) is 105 Å². The number of H-pyrrole nitrogens is 1. The summed E-state index contributed by atoms with van der Waals surface area (Å²) in [7, 11) is 0. The molecule has 162 valence electrons. The molecule has 3 aromatic rings. The molecule has 0 radical (unpaired) electrons. The maximum atomic E-state index is 14.4. The highest BCUT2D eigenvalue weighted by atomic mass is 19.1. The lowest BCUT2D eigenvalue weighted by Crippen LogP contribution is -2.36. The van der Waals surface area contributed by atoms with Gasteiger partial charge in [-0.1, -0.05) is 12.1 Å². The van der Waals surface area contributed by atoms with Crippen molar-refractivity contribution in [3.63, 3.8) is 0 Å². The first-order valence-corrected chi connectivity index (χ1v) is 9.88. The highest BCUT2D eigenvalue weighted by molar-refractivity contribution is 6.14. The molecule has 1 aromatic heterocycles. The highest BCUT2D eigenvalue weighted by Gasteiger charge is 2.19. The van der Waals surface area contributed by atoms with Gasteiger partial charge in [-0.2, -0.15) is 5.26 Å². The van der Waals surface area contributed by atoms with E-state index in [9.17, 15) is 13.6 Å². The van der Waals surface area contributed by atoms with Gasteiger partial charge >= 0.3 is 0 Å². The molecule has 1 saturated heterocycles. The fraction of sp³-hybridized carbons (Fsp3) is 0.174. The van der Waals surface area contributed by atoms with Gasteiger partial charge in [0.2, 0.25) is 0 Å². The minimum absolute atomic E-state index is 0.0604. The smallest absolute Gasteiger partial charge is 0.259 e. The van der Waals surface area contributed by atoms with Gasteiger partial charge in [-0.25, -0.2) is 8.78 Å². The molecular weight excluding hydrogens is 416 g/mol. The molecule has 32 heavy (non-hydrogen) atoms. The van der Waals surface area contributed by atoms with Gasteiger partial charge in [0.25, 0.3) is 5.56 Å². The van der Waals surface area contributed by atoms with Gasteiger partial charge in [0.1, 0.15) is 5.69 Å². The lowest BCUT2D eigenvalue weighted by atomic mass is 10.0. The number of nitrogens with one attached hydrogen (secondary N) is 3. The van der Waals surface area contributed by atoms with Crippen molar-refractivity contribution < 1.29 is 13.5 Å². The van der Waals surface area contributed by atoms with E-state index in [1.165, 1.54) is 12.3 Å². The minimum atomic E-state index is -0.978. The van der Waals surface area contributed by atoms with Crippen molar-refractivity contribution in [3.8, 4) is 6.07 Å². The molecule has 0 bridgehead atoms. The molecule has 0 unspecified atom stereocenters. The molecule has 4 rings (SSSR count). The summed E-state index contributed by atoms with van der Waals surface area (Å²) in [5.74, 6) is -1.96. The second kappa shape index (κ2) is 8.99. The number of aromatic amines is 1. The molecule has 2 heterocycles. The summed E-state index contributed by atoms with van der Waals surface area (Å²) in [5, 5.41) is 20.0. The van der Waals surface area contributed by atoms with Crippen LogP contribution in [-0.4, -0.2) is 37.0 Å². The molecular formula is C23H19F2N5O2. The van der Waals surface area contributed by atoms with Crippen LogP contribution >= 0.6 is 0 Å². The average Bonchev–Trinajstić information content (AvgIpc) is 2.81. The zero-order chi connectivity index (χ0) is 22.7. The molecule has 0 amide bonds. The number of rotatable bonds is 5. The van der Waals surface area contributed by atoms with Crippen LogP contribution in [0.15, 0.2) is 53.5 Å². The van der Waals surface area contributed by atoms with Crippen LogP contribution < -0.4 is 15.8 Å². The number of morpholine rings is 1. The van der Waals surface area contributed by atoms with Crippen molar-refractivity contribution in [2.75, 3.05) is 36.5 Å². The molecule has 2 aromatic carbocycles. The monoisotopic (exact) mass is 435 g/mol. The molecule has 7 nitrogen and oxygen atoms in total. The number of halogens is 2. The SMILES string of the molecule is N#Cc1cc(F)c(Nc2cc[nH]c(=O)c2C(=N)c2ccc(N3CCOCC3)cc2)c(F)c1. The normalized spacial score (nSPS) is 13.5. The van der Waals surface area contributed by atoms with Crippen LogP contribution in [0.5, 0.6) is 0 Å². The van der Waals surface area contributed by atoms with Gasteiger partial charge in [-0.15, -0.1) is 0 Å². The number of pyridine rings is 1. The van der Waals surface area contributed by atoms with Gasteiger partial charge in [0, 0.05) is 30.5 Å². The third-order valence-electron chi connectivity index (χ3n) is 5.17. The number of benzene rings is 2. The predicted molar refractivity (Wildman–Crippen MR) is 117 cm³/mol. The van der Waals surface area contributed by atoms with E-state index in [2.05, 4.69) is 15.2 Å². The predicted octanol–water partition coefficient (Wildman–Crippen LogP) is 3.52. The van der Waals surface area contributed by atoms with E-state index < -0.39 is 22.9 Å². The van der Waals surface area contributed by atoms with Crippen LogP contribution in [-0.2, 0) is 4.74 Å². The lowest BCUT2D eigenvalue weighted by molar-refractivity contribution is 0.122. The largest absolute Gasteiger partial charge is 0.378 e. The van der Waals surface area contributed by atoms with E-state index in [0.29, 0.717) is 18.8 Å². The van der Waals surface area contributed by atoms with Crippen molar-refractivity contribution >= 4 is 22.8 Å². The molecule has 0 atom stereocenters. The van der Waals surface area contributed by atoms with E-state index in [1.54, 1.807) is 18.2 Å². The van der Waals surface area contributed by atoms with Crippen molar-refractivity contribution in [1.29, 1.82) is 10.7 Å². The Bertz CT molecular complexity index is 1240. The Morgan fingerprint density at radius 3 is 2.41 bits per heavy atom. The average molecular weight is 435 g/mol. The van der Waals surface area contributed by atoms with Crippen LogP contribution in [0.3, 0.4) is 0 Å². The highest BCUT2D eigenvalue weighted by Crippen LogP contribution is 2.27. The van der Waals surface area contributed by atoms with Gasteiger partial charge in [-0.05, 0) is 30.3 Å². The summed E-state index contributed by atoms with van der Waals surface area (Å²) in [6.45, 7) is 2.83. The Hall–Kier alpha value is -4.03. The van der Waals surface area contributed by atoms with Crippen molar-refractivity contribution in [2.24, 2.45) is 0 Å². The van der Waals surface area contributed by atoms with Crippen LogP contribution in [0.25, 0.3) is 0 Å². The van der Waals surface area contributed by atoms with Gasteiger partial charge in [0.15, 0.2) is 11.6 Å². The second-order valence-corrected chi connectivity index (χ2v) is 7.17. The Labute approximate surface area is 182 Å². The summed E-state index contributed by atoms with van der Waals surface area (Å²) < 4.78 is 34.1. The maximum absolute atomic E-state index is 14.4. The molecule has 0 aliphatic carbocycles. The van der Waals surface area contributed by atoms with Crippen LogP contribution in [0.2, 0.25) is 0 Å². The third-order valence-corrected chi connectivity index (χ3v) is 5.17. The fourth-order valence-corrected chi connectivity index (χ4v) is 3.53. The number of nitrogens with zero attached hydrogens (tertiary/aromatic N) is 2. The molecule has 0 saturated carbocycles. The Balaban J connectivity index is 1.66. The molecule has 0 spiro atoms. The van der Waals surface area contributed by atoms with E-state index >= 15 is 0 Å². The number of ether oxygens (including phenoxy) is 1. The number of hydrogen-bond acceptors (Lipinski definition) is 6. The Kier molecular flexibility index (Phi) is 5.96. The summed E-state index contributed by atoms with van der Waals surface area (Å²) in [4.78, 5) is 17.2. The van der Waals surface area contributed by atoms with Crippen LogP contribution in [0, 0.1) is 28.4 Å². The molecule has 1 aliphatic heterocycles. The zero-order valence-corrected chi connectivity index (χ0v) is 16.9. The quantitative estimate of drug-likeness (QED) is 0.532. The van der Waals surface area contributed by atoms with E-state index in [4.69, 9.17) is 15.4 Å². The van der Waals surface area contributed by atoms with Crippen molar-refractivity contribution in [3.05, 3.63) is 87.3 Å². The summed E-state index contributed by atoms with van der Waals surface area (Å²) in [5.41, 5.74) is 0.114. The third kappa shape index (κ3) is 4.22. The minimum Gasteiger partial charge on any atom is -0.378 e. The van der Waals surface area contributed by atoms with Crippen molar-refractivity contribution in [1.82, 2.24) is 4.98 Å². The van der Waals surface area contributed by atoms with Gasteiger partial charge in [-0.3, -0.25) is 10.2 Å². The van der Waals surface area contributed by atoms with E-state index in [0.717, 1.165) is 30.9 Å². The van der Waals surface area contributed by atoms with Gasteiger partial charge < -0.3 is 19.9 Å². The lowest BCUT2D eigenvalue weighted by Gasteiger charge is -2.29. The van der Waals surface area contributed by atoms with E-state index in [-0.39, 0.29) is 22.5 Å². The summed E-state index contributed by atoms with van der Waals surface area (Å²) in [6.07, 6.45) is 1.32. The number of aromatic nitrogens is 1. The first-order valence-electron chi connectivity index (χ1n) is 9.88. The summed E-state index contributed by atoms with van der Waals surface area (Å²) in [6, 6.07) is 12.1. The van der Waals surface area contributed by atoms with Crippen molar-refractivity contribution in [2.45, 2.75) is 0 Å². The molecule has 1 fully saturated rings. The first-order chi connectivity index (χ1) is 15.5. The Morgan fingerprint density at radius 2 is 1.78 bits per heavy atom. The molecule has 9 heteroatoms. The van der Waals surface area contributed by atoms with Crippen LogP contribution in [0.1, 0.15) is 16.7 Å². The second-order valence-electron chi connectivity index (χ2n) is 7.17. The Morgan fingerprint density at radius 1 is 1.12 bits per heavy atom. The molecule has 3 N–H and O–H groups in total. The maximum Gasteiger partial charge on any atom is 0.259 e. The number of anilines is 3. The summed E-state index contributed by atoms with van der Waals surface area (Å²) >= 11 is 0. The first kappa shape index (κ1) is 21.2. The number of nitriles is 1. The standard InChI is InChI=1S/C23H19F2N5O2/c24-17-11-14(13-26)12-18(25)22(17)29-19-5-6-28-23(31)20(19)21(27)15-1-3-16(4-2-15)30-7-9-32-10-8-30/h1-6,11-12,27H,7-10H2,(H2,28,29,31).